The summed E-state index contributed by atoms with van der Waals surface area (Å²) < 4.78 is 22.4. The minimum absolute atomic E-state index is 0.0674. The van der Waals surface area contributed by atoms with E-state index >= 15 is 0 Å². The number of carbonyl (C=O) groups excluding carboxylic acids is 1. The zero-order valence-electron chi connectivity index (χ0n) is 13.1. The van der Waals surface area contributed by atoms with Gasteiger partial charge in [-0.25, -0.2) is 13.6 Å². The van der Waals surface area contributed by atoms with Crippen LogP contribution in [0, 0.1) is 0 Å². The molecule has 0 aliphatic rings. The first-order valence-electron chi connectivity index (χ1n) is 7.51. The number of carbonyl (C=O) groups is 1. The highest BCUT2D eigenvalue weighted by Gasteiger charge is 2.12. The van der Waals surface area contributed by atoms with E-state index in [4.69, 9.17) is 16.7 Å². The van der Waals surface area contributed by atoms with Gasteiger partial charge in [-0.2, -0.15) is 0 Å². The van der Waals surface area contributed by atoms with Gasteiger partial charge in [0.15, 0.2) is 0 Å². The Morgan fingerprint density at radius 1 is 1.16 bits per heavy atom. The average molecular weight is 378 g/mol. The maximum atomic E-state index is 12.3. The summed E-state index contributed by atoms with van der Waals surface area (Å²) >= 11 is 5.93. The Kier molecular flexibility index (Phi) is 4.80. The zero-order valence-corrected chi connectivity index (χ0v) is 14.7. The number of benzene rings is 2. The second-order valence-electron chi connectivity index (χ2n) is 5.59. The van der Waals surface area contributed by atoms with Crippen molar-refractivity contribution in [2.75, 3.05) is 6.54 Å². The third kappa shape index (κ3) is 4.01. The van der Waals surface area contributed by atoms with Crippen molar-refractivity contribution >= 4 is 38.4 Å². The maximum Gasteiger partial charge on any atom is 0.253 e. The molecule has 2 aromatic carbocycles. The van der Waals surface area contributed by atoms with Crippen molar-refractivity contribution < 1.29 is 13.2 Å². The Morgan fingerprint density at radius 2 is 1.88 bits per heavy atom. The number of H-pyrrole nitrogens is 1. The van der Waals surface area contributed by atoms with Crippen LogP contribution in [0.3, 0.4) is 0 Å². The molecule has 1 heterocycles. The van der Waals surface area contributed by atoms with Gasteiger partial charge in [-0.3, -0.25) is 4.79 Å². The molecule has 3 aromatic rings. The third-order valence-corrected chi connectivity index (χ3v) is 5.00. The quantitative estimate of drug-likeness (QED) is 0.635. The van der Waals surface area contributed by atoms with Crippen molar-refractivity contribution in [3.05, 3.63) is 64.8 Å². The van der Waals surface area contributed by atoms with E-state index in [1.165, 1.54) is 12.1 Å². The van der Waals surface area contributed by atoms with Crippen molar-refractivity contribution in [2.24, 2.45) is 5.14 Å². The number of aromatic amines is 1. The molecule has 0 unspecified atom stereocenters. The van der Waals surface area contributed by atoms with E-state index in [-0.39, 0.29) is 10.8 Å². The monoisotopic (exact) mass is 377 g/mol. The van der Waals surface area contributed by atoms with E-state index in [0.717, 1.165) is 16.5 Å². The number of amides is 1. The number of primary sulfonamides is 1. The average Bonchev–Trinajstić information content (AvgIpc) is 2.97. The molecule has 0 aliphatic carbocycles. The van der Waals surface area contributed by atoms with Crippen LogP contribution < -0.4 is 10.5 Å². The Balaban J connectivity index is 1.62. The lowest BCUT2D eigenvalue weighted by Crippen LogP contribution is -2.25. The van der Waals surface area contributed by atoms with E-state index in [1.54, 1.807) is 36.5 Å². The summed E-state index contributed by atoms with van der Waals surface area (Å²) in [5.41, 5.74) is 2.26. The van der Waals surface area contributed by atoms with Crippen molar-refractivity contribution in [2.45, 2.75) is 11.3 Å². The topological polar surface area (TPSA) is 105 Å². The molecule has 6 nitrogen and oxygen atoms in total. The Hall–Kier alpha value is -2.35. The van der Waals surface area contributed by atoms with Gasteiger partial charge in [-0.15, -0.1) is 0 Å². The van der Waals surface area contributed by atoms with E-state index in [9.17, 15) is 13.2 Å². The van der Waals surface area contributed by atoms with Crippen LogP contribution in [0.5, 0.6) is 0 Å². The fourth-order valence-electron chi connectivity index (χ4n) is 2.55. The number of rotatable bonds is 5. The number of hydrogen-bond donors (Lipinski definition) is 3. The summed E-state index contributed by atoms with van der Waals surface area (Å²) in [5.74, 6) is -0.185. The summed E-state index contributed by atoms with van der Waals surface area (Å²) in [6, 6.07) is 11.6. The Bertz CT molecular complexity index is 1030. The lowest BCUT2D eigenvalue weighted by molar-refractivity contribution is 0.0956. The number of nitrogens with one attached hydrogen (secondary N) is 2. The van der Waals surface area contributed by atoms with Gasteiger partial charge in [0.2, 0.25) is 10.0 Å². The largest absolute Gasteiger partial charge is 0.360 e. The fourth-order valence-corrected chi connectivity index (χ4v) is 3.24. The molecule has 0 saturated heterocycles. The van der Waals surface area contributed by atoms with Gasteiger partial charge in [0.25, 0.3) is 5.91 Å². The molecule has 0 aliphatic heterocycles. The van der Waals surface area contributed by atoms with Gasteiger partial charge in [-0.05, 0) is 36.2 Å². The van der Waals surface area contributed by atoms with Crippen LogP contribution in [0.25, 0.3) is 10.9 Å². The highest BCUT2D eigenvalue weighted by molar-refractivity contribution is 7.89. The van der Waals surface area contributed by atoms with E-state index in [2.05, 4.69) is 10.3 Å². The first kappa shape index (κ1) is 17.5. The second-order valence-corrected chi connectivity index (χ2v) is 7.58. The second kappa shape index (κ2) is 6.87. The van der Waals surface area contributed by atoms with Crippen LogP contribution in [0.2, 0.25) is 5.02 Å². The van der Waals surface area contributed by atoms with Crippen LogP contribution in [0.1, 0.15) is 15.9 Å². The molecule has 1 amide bonds. The molecule has 1 aromatic heterocycles. The minimum Gasteiger partial charge on any atom is -0.360 e. The number of hydrogen-bond acceptors (Lipinski definition) is 3. The number of fused-ring (bicyclic) bond motifs is 1. The highest BCUT2D eigenvalue weighted by Crippen LogP contribution is 2.21. The molecule has 130 valence electrons. The van der Waals surface area contributed by atoms with Crippen LogP contribution in [-0.2, 0) is 16.4 Å². The lowest BCUT2D eigenvalue weighted by atomic mass is 10.1. The van der Waals surface area contributed by atoms with Crippen molar-refractivity contribution in [3.63, 3.8) is 0 Å². The summed E-state index contributed by atoms with van der Waals surface area (Å²) in [4.78, 5) is 15.4. The standard InChI is InChI=1S/C17H16ClN3O3S/c18-12-3-6-14-15(10-21-16(14)9-12)17(22)20-8-7-11-1-4-13(5-2-11)25(19,23)24/h1-6,9-10,21H,7-8H2,(H,20,22)(H2,19,23,24). The van der Waals surface area contributed by atoms with Gasteiger partial charge < -0.3 is 10.3 Å². The summed E-state index contributed by atoms with van der Waals surface area (Å²) in [5, 5.41) is 9.32. The molecule has 3 rings (SSSR count). The van der Waals surface area contributed by atoms with E-state index in [1.807, 2.05) is 0 Å². The molecule has 0 atom stereocenters. The van der Waals surface area contributed by atoms with Crippen molar-refractivity contribution in [1.82, 2.24) is 10.3 Å². The predicted molar refractivity (Wildman–Crippen MR) is 97.2 cm³/mol. The molecular formula is C17H16ClN3O3S. The third-order valence-electron chi connectivity index (χ3n) is 3.84. The van der Waals surface area contributed by atoms with Crippen LogP contribution >= 0.6 is 11.6 Å². The van der Waals surface area contributed by atoms with E-state index in [0.29, 0.717) is 23.6 Å². The van der Waals surface area contributed by atoms with Crippen LogP contribution in [0.15, 0.2) is 53.6 Å². The van der Waals surface area contributed by atoms with E-state index < -0.39 is 10.0 Å². The van der Waals surface area contributed by atoms with Gasteiger partial charge in [-0.1, -0.05) is 29.8 Å². The number of sulfonamides is 1. The Labute approximate surface area is 150 Å². The molecular weight excluding hydrogens is 362 g/mol. The summed E-state index contributed by atoms with van der Waals surface area (Å²) in [7, 11) is -3.69. The molecule has 4 N–H and O–H groups in total. The van der Waals surface area contributed by atoms with Crippen LogP contribution in [-0.4, -0.2) is 25.9 Å². The first-order chi connectivity index (χ1) is 11.8. The van der Waals surface area contributed by atoms with Crippen molar-refractivity contribution in [1.29, 1.82) is 0 Å². The summed E-state index contributed by atoms with van der Waals surface area (Å²) in [6.45, 7) is 0.424. The fraction of sp³-hybridized carbons (Fsp3) is 0.118. The normalized spacial score (nSPS) is 11.6. The zero-order chi connectivity index (χ0) is 18.0. The first-order valence-corrected chi connectivity index (χ1v) is 9.43. The molecule has 0 spiro atoms. The molecule has 25 heavy (non-hydrogen) atoms. The number of halogens is 1. The summed E-state index contributed by atoms with van der Waals surface area (Å²) in [6.07, 6.45) is 2.22. The number of nitrogens with two attached hydrogens (primary N) is 1. The minimum atomic E-state index is -3.69. The highest BCUT2D eigenvalue weighted by atomic mass is 35.5. The molecule has 0 bridgehead atoms. The molecule has 0 radical (unpaired) electrons. The van der Waals surface area contributed by atoms with Crippen molar-refractivity contribution in [3.8, 4) is 0 Å². The van der Waals surface area contributed by atoms with Crippen LogP contribution in [0.4, 0.5) is 0 Å². The predicted octanol–water partition coefficient (Wildman–Crippen LogP) is 2.44. The lowest BCUT2D eigenvalue weighted by Gasteiger charge is -2.06. The van der Waals surface area contributed by atoms with Gasteiger partial charge in [0, 0.05) is 28.7 Å². The number of aromatic nitrogens is 1. The molecule has 0 saturated carbocycles. The molecule has 8 heteroatoms. The Morgan fingerprint density at radius 3 is 2.56 bits per heavy atom. The maximum absolute atomic E-state index is 12.3. The smallest absolute Gasteiger partial charge is 0.253 e. The van der Waals surface area contributed by atoms with Gasteiger partial charge in [0.1, 0.15) is 0 Å². The molecule has 0 fully saturated rings. The van der Waals surface area contributed by atoms with Gasteiger partial charge >= 0.3 is 0 Å². The SMILES string of the molecule is NS(=O)(=O)c1ccc(CCNC(=O)c2c[nH]c3cc(Cl)ccc23)cc1. The van der Waals surface area contributed by atoms with Gasteiger partial charge in [0.05, 0.1) is 10.5 Å².